The third kappa shape index (κ3) is 3.27. The number of carbonyl (C=O) groups is 1. The second kappa shape index (κ2) is 6.58. The molecule has 4 heteroatoms. The minimum Gasteiger partial charge on any atom is -0.465 e. The third-order valence-corrected chi connectivity index (χ3v) is 4.69. The number of hydrogen-bond acceptors (Lipinski definition) is 4. The van der Waals surface area contributed by atoms with E-state index in [9.17, 15) is 4.79 Å². The number of benzene rings is 1. The summed E-state index contributed by atoms with van der Waals surface area (Å²) in [5, 5.41) is 3.57. The standard InChI is InChI=1S/C17H24N2O2/c1-2-21-17(20)16(14-6-4-3-5-7-14)18-15-12-19-10-8-13(15)9-11-19/h3-7,13,15-16,18H,2,8-12H2,1H3. The number of fused-ring (bicyclic) bond motifs is 3. The highest BCUT2D eigenvalue weighted by Crippen LogP contribution is 2.29. The molecule has 0 saturated carbocycles. The molecule has 0 aromatic heterocycles. The number of nitrogens with one attached hydrogen (secondary N) is 1. The number of nitrogens with zero attached hydrogens (tertiary/aromatic N) is 1. The van der Waals surface area contributed by atoms with Crippen LogP contribution < -0.4 is 5.32 Å². The van der Waals surface area contributed by atoms with Gasteiger partial charge in [-0.25, -0.2) is 4.79 Å². The first-order chi connectivity index (χ1) is 10.3. The minimum atomic E-state index is -0.350. The largest absolute Gasteiger partial charge is 0.465 e. The highest BCUT2D eigenvalue weighted by atomic mass is 16.5. The molecule has 0 radical (unpaired) electrons. The van der Waals surface area contributed by atoms with Crippen molar-refractivity contribution >= 4 is 5.97 Å². The zero-order valence-electron chi connectivity index (χ0n) is 12.6. The molecule has 3 aliphatic rings. The molecule has 2 unspecified atom stereocenters. The molecular formula is C17H24N2O2. The van der Waals surface area contributed by atoms with E-state index in [1.165, 1.54) is 25.9 Å². The van der Waals surface area contributed by atoms with Crippen LogP contribution in [0.4, 0.5) is 0 Å². The van der Waals surface area contributed by atoms with Gasteiger partial charge >= 0.3 is 5.97 Å². The summed E-state index contributed by atoms with van der Waals surface area (Å²) >= 11 is 0. The maximum Gasteiger partial charge on any atom is 0.327 e. The fourth-order valence-corrected chi connectivity index (χ4v) is 3.54. The van der Waals surface area contributed by atoms with E-state index < -0.39 is 0 Å². The lowest BCUT2D eigenvalue weighted by molar-refractivity contribution is -0.146. The Kier molecular flexibility index (Phi) is 4.56. The molecule has 3 heterocycles. The van der Waals surface area contributed by atoms with E-state index in [2.05, 4.69) is 10.2 Å². The van der Waals surface area contributed by atoms with Crippen LogP contribution in [0.5, 0.6) is 0 Å². The van der Waals surface area contributed by atoms with E-state index in [0.29, 0.717) is 18.6 Å². The summed E-state index contributed by atoms with van der Waals surface area (Å²) in [6.45, 7) is 5.74. The normalized spacial score (nSPS) is 29.1. The maximum atomic E-state index is 12.3. The van der Waals surface area contributed by atoms with E-state index in [-0.39, 0.29) is 12.0 Å². The molecule has 0 spiro atoms. The summed E-state index contributed by atoms with van der Waals surface area (Å²) in [4.78, 5) is 14.8. The molecule has 21 heavy (non-hydrogen) atoms. The summed E-state index contributed by atoms with van der Waals surface area (Å²) in [5.41, 5.74) is 0.993. The molecule has 1 aromatic carbocycles. The fraction of sp³-hybridized carbons (Fsp3) is 0.588. The van der Waals surface area contributed by atoms with Crippen molar-refractivity contribution < 1.29 is 9.53 Å². The van der Waals surface area contributed by atoms with Crippen molar-refractivity contribution in [2.75, 3.05) is 26.2 Å². The van der Waals surface area contributed by atoms with Gasteiger partial charge in [0.2, 0.25) is 0 Å². The second-order valence-electron chi connectivity index (χ2n) is 6.01. The van der Waals surface area contributed by atoms with Crippen LogP contribution in [0.2, 0.25) is 0 Å². The number of ether oxygens (including phenoxy) is 1. The van der Waals surface area contributed by atoms with Gasteiger partial charge in [0, 0.05) is 12.6 Å². The molecule has 4 rings (SSSR count). The van der Waals surface area contributed by atoms with Crippen molar-refractivity contribution in [1.82, 2.24) is 10.2 Å². The lowest BCUT2D eigenvalue weighted by atomic mass is 9.83. The van der Waals surface area contributed by atoms with Crippen LogP contribution in [0.25, 0.3) is 0 Å². The number of piperidine rings is 3. The second-order valence-corrected chi connectivity index (χ2v) is 6.01. The number of esters is 1. The first kappa shape index (κ1) is 14.5. The van der Waals surface area contributed by atoms with E-state index >= 15 is 0 Å². The molecule has 1 aromatic rings. The molecule has 3 saturated heterocycles. The van der Waals surface area contributed by atoms with Gasteiger partial charge in [-0.1, -0.05) is 30.3 Å². The average Bonchev–Trinajstić information content (AvgIpc) is 2.55. The summed E-state index contributed by atoms with van der Waals surface area (Å²) in [7, 11) is 0. The highest BCUT2D eigenvalue weighted by Gasteiger charge is 2.36. The summed E-state index contributed by atoms with van der Waals surface area (Å²) in [6, 6.07) is 9.95. The van der Waals surface area contributed by atoms with Crippen LogP contribution in [-0.2, 0) is 9.53 Å². The van der Waals surface area contributed by atoms with Crippen molar-refractivity contribution in [3.63, 3.8) is 0 Å². The molecule has 2 bridgehead atoms. The molecule has 0 amide bonds. The zero-order valence-corrected chi connectivity index (χ0v) is 12.6. The highest BCUT2D eigenvalue weighted by molar-refractivity contribution is 5.77. The van der Waals surface area contributed by atoms with E-state index in [4.69, 9.17) is 4.74 Å². The van der Waals surface area contributed by atoms with Crippen molar-refractivity contribution in [3.05, 3.63) is 35.9 Å². The molecule has 1 N–H and O–H groups in total. The Hall–Kier alpha value is -1.39. The number of hydrogen-bond donors (Lipinski definition) is 1. The Morgan fingerprint density at radius 3 is 2.62 bits per heavy atom. The Morgan fingerprint density at radius 1 is 1.33 bits per heavy atom. The Morgan fingerprint density at radius 2 is 2.05 bits per heavy atom. The lowest BCUT2D eigenvalue weighted by Crippen LogP contribution is -2.57. The van der Waals surface area contributed by atoms with Gasteiger partial charge in [-0.2, -0.15) is 0 Å². The van der Waals surface area contributed by atoms with Gasteiger partial charge < -0.3 is 9.64 Å². The Balaban J connectivity index is 1.74. The van der Waals surface area contributed by atoms with Gasteiger partial charge in [0.25, 0.3) is 0 Å². The van der Waals surface area contributed by atoms with Crippen LogP contribution >= 0.6 is 0 Å². The molecule has 3 aliphatic heterocycles. The quantitative estimate of drug-likeness (QED) is 0.841. The van der Waals surface area contributed by atoms with Gasteiger partial charge in [-0.3, -0.25) is 5.32 Å². The molecule has 114 valence electrons. The third-order valence-electron chi connectivity index (χ3n) is 4.69. The summed E-state index contributed by atoms with van der Waals surface area (Å²) in [6.07, 6.45) is 2.48. The summed E-state index contributed by atoms with van der Waals surface area (Å²) in [5.74, 6) is 0.524. The smallest absolute Gasteiger partial charge is 0.327 e. The van der Waals surface area contributed by atoms with Crippen LogP contribution in [0.15, 0.2) is 30.3 Å². The van der Waals surface area contributed by atoms with Gasteiger partial charge in [0.05, 0.1) is 6.61 Å². The van der Waals surface area contributed by atoms with Crippen LogP contribution in [0.1, 0.15) is 31.4 Å². The van der Waals surface area contributed by atoms with Gasteiger partial charge in [0.15, 0.2) is 0 Å². The van der Waals surface area contributed by atoms with Crippen molar-refractivity contribution in [2.24, 2.45) is 5.92 Å². The van der Waals surface area contributed by atoms with E-state index in [1.807, 2.05) is 37.3 Å². The van der Waals surface area contributed by atoms with Crippen LogP contribution in [0.3, 0.4) is 0 Å². The zero-order chi connectivity index (χ0) is 14.7. The first-order valence-electron chi connectivity index (χ1n) is 7.98. The van der Waals surface area contributed by atoms with Crippen LogP contribution in [0, 0.1) is 5.92 Å². The topological polar surface area (TPSA) is 41.6 Å². The predicted octanol–water partition coefficient (Wildman–Crippen LogP) is 1.97. The molecular weight excluding hydrogens is 264 g/mol. The van der Waals surface area contributed by atoms with E-state index in [1.54, 1.807) is 0 Å². The number of rotatable bonds is 5. The van der Waals surface area contributed by atoms with Crippen molar-refractivity contribution in [2.45, 2.75) is 31.8 Å². The Bertz CT molecular complexity index is 469. The fourth-order valence-electron chi connectivity index (χ4n) is 3.54. The van der Waals surface area contributed by atoms with E-state index in [0.717, 1.165) is 12.1 Å². The molecule has 3 fully saturated rings. The van der Waals surface area contributed by atoms with Gasteiger partial charge in [-0.15, -0.1) is 0 Å². The Labute approximate surface area is 126 Å². The molecule has 4 nitrogen and oxygen atoms in total. The SMILES string of the molecule is CCOC(=O)C(NC1CN2CCC1CC2)c1ccccc1. The van der Waals surface area contributed by atoms with Crippen molar-refractivity contribution in [1.29, 1.82) is 0 Å². The average molecular weight is 288 g/mol. The predicted molar refractivity (Wildman–Crippen MR) is 81.9 cm³/mol. The minimum absolute atomic E-state index is 0.167. The van der Waals surface area contributed by atoms with Crippen molar-refractivity contribution in [3.8, 4) is 0 Å². The van der Waals surface area contributed by atoms with Crippen LogP contribution in [-0.4, -0.2) is 43.2 Å². The molecule has 0 aliphatic carbocycles. The first-order valence-corrected chi connectivity index (χ1v) is 7.98. The number of carbonyl (C=O) groups excluding carboxylic acids is 1. The summed E-state index contributed by atoms with van der Waals surface area (Å²) < 4.78 is 5.27. The maximum absolute atomic E-state index is 12.3. The molecule has 2 atom stereocenters. The van der Waals surface area contributed by atoms with Gasteiger partial charge in [-0.05, 0) is 44.3 Å². The van der Waals surface area contributed by atoms with Gasteiger partial charge in [0.1, 0.15) is 6.04 Å². The lowest BCUT2D eigenvalue weighted by Gasteiger charge is -2.46. The monoisotopic (exact) mass is 288 g/mol.